The molecule has 0 radical (unpaired) electrons. The molecule has 2 nitrogen and oxygen atoms in total. The van der Waals surface area contributed by atoms with Crippen molar-refractivity contribution < 1.29 is 0 Å². The molecule has 0 aliphatic rings. The van der Waals surface area contributed by atoms with E-state index in [4.69, 9.17) is 0 Å². The van der Waals surface area contributed by atoms with Gasteiger partial charge in [0.05, 0.1) is 0 Å². The van der Waals surface area contributed by atoms with Crippen LogP contribution in [0, 0.1) is 0 Å². The van der Waals surface area contributed by atoms with Crippen LogP contribution >= 0.6 is 7.92 Å². The van der Waals surface area contributed by atoms with Gasteiger partial charge in [-0.2, -0.15) is 0 Å². The lowest BCUT2D eigenvalue weighted by Gasteiger charge is -2.19. The summed E-state index contributed by atoms with van der Waals surface area (Å²) in [5.74, 6) is 0.943. The highest BCUT2D eigenvalue weighted by molar-refractivity contribution is 7.73. The zero-order chi connectivity index (χ0) is 15.0. The van der Waals surface area contributed by atoms with Crippen LogP contribution in [0.15, 0.2) is 85.1 Å². The number of pyridine rings is 1. The maximum Gasteiger partial charge on any atom is 0.125 e. The first kappa shape index (κ1) is 14.7. The van der Waals surface area contributed by atoms with E-state index in [0.717, 1.165) is 18.5 Å². The first-order valence-corrected chi connectivity index (χ1v) is 8.99. The Labute approximate surface area is 133 Å². The van der Waals surface area contributed by atoms with Gasteiger partial charge < -0.3 is 5.32 Å². The highest BCUT2D eigenvalue weighted by Gasteiger charge is 2.12. The Balaban J connectivity index is 1.72. The normalized spacial score (nSPS) is 10.6. The molecule has 0 unspecified atom stereocenters. The monoisotopic (exact) mass is 306 g/mol. The fraction of sp³-hybridized carbons (Fsp3) is 0.105. The van der Waals surface area contributed by atoms with Crippen LogP contribution in [0.4, 0.5) is 5.82 Å². The van der Waals surface area contributed by atoms with Gasteiger partial charge in [-0.3, -0.25) is 0 Å². The van der Waals surface area contributed by atoms with E-state index >= 15 is 0 Å². The quantitative estimate of drug-likeness (QED) is 0.704. The van der Waals surface area contributed by atoms with Gasteiger partial charge in [0.15, 0.2) is 0 Å². The van der Waals surface area contributed by atoms with E-state index < -0.39 is 0 Å². The number of hydrogen-bond donors (Lipinski definition) is 1. The van der Waals surface area contributed by atoms with Crippen LogP contribution in [0.1, 0.15) is 0 Å². The molecule has 1 N–H and O–H groups in total. The molecule has 0 atom stereocenters. The van der Waals surface area contributed by atoms with Crippen molar-refractivity contribution in [1.82, 2.24) is 4.98 Å². The van der Waals surface area contributed by atoms with E-state index in [2.05, 4.69) is 71.0 Å². The summed E-state index contributed by atoms with van der Waals surface area (Å²) in [6, 6.07) is 27.5. The highest BCUT2D eigenvalue weighted by Crippen LogP contribution is 2.32. The predicted molar refractivity (Wildman–Crippen MR) is 96.7 cm³/mol. The summed E-state index contributed by atoms with van der Waals surface area (Å²) in [5.41, 5.74) is 0. The van der Waals surface area contributed by atoms with E-state index in [1.165, 1.54) is 10.6 Å². The van der Waals surface area contributed by atoms with Crippen molar-refractivity contribution >= 4 is 24.3 Å². The average molecular weight is 306 g/mol. The van der Waals surface area contributed by atoms with Gasteiger partial charge in [-0.15, -0.1) is 0 Å². The average Bonchev–Trinajstić information content (AvgIpc) is 2.61. The van der Waals surface area contributed by atoms with Crippen LogP contribution < -0.4 is 15.9 Å². The Morgan fingerprint density at radius 1 is 0.727 bits per heavy atom. The SMILES string of the molecule is c1ccc(P(CCNc2ccccn2)c2ccccc2)cc1. The molecule has 0 amide bonds. The summed E-state index contributed by atoms with van der Waals surface area (Å²) >= 11 is 0. The van der Waals surface area contributed by atoms with Crippen LogP contribution in [-0.4, -0.2) is 17.7 Å². The second kappa shape index (κ2) is 7.72. The maximum absolute atomic E-state index is 4.32. The van der Waals surface area contributed by atoms with Crippen molar-refractivity contribution in [1.29, 1.82) is 0 Å². The molecule has 3 heteroatoms. The molecule has 110 valence electrons. The molecule has 3 rings (SSSR count). The van der Waals surface area contributed by atoms with Crippen molar-refractivity contribution in [2.45, 2.75) is 0 Å². The van der Waals surface area contributed by atoms with E-state index in [1.807, 2.05) is 24.4 Å². The van der Waals surface area contributed by atoms with Crippen LogP contribution in [0.2, 0.25) is 0 Å². The third-order valence-corrected chi connectivity index (χ3v) is 5.96. The molecule has 2 aromatic carbocycles. The minimum absolute atomic E-state index is 0.337. The molecule has 1 aromatic heterocycles. The third-order valence-electron chi connectivity index (χ3n) is 3.44. The topological polar surface area (TPSA) is 24.9 Å². The van der Waals surface area contributed by atoms with Crippen molar-refractivity contribution in [2.24, 2.45) is 0 Å². The van der Waals surface area contributed by atoms with Crippen LogP contribution in [0.25, 0.3) is 0 Å². The number of anilines is 1. The molecule has 22 heavy (non-hydrogen) atoms. The number of aromatic nitrogens is 1. The van der Waals surface area contributed by atoms with E-state index in [9.17, 15) is 0 Å². The zero-order valence-electron chi connectivity index (χ0n) is 12.4. The summed E-state index contributed by atoms with van der Waals surface area (Å²) in [6.45, 7) is 0.923. The number of nitrogens with one attached hydrogen (secondary N) is 1. The Kier molecular flexibility index (Phi) is 5.18. The fourth-order valence-corrected chi connectivity index (χ4v) is 4.60. The smallest absolute Gasteiger partial charge is 0.125 e. The summed E-state index contributed by atoms with van der Waals surface area (Å²) < 4.78 is 0. The molecular weight excluding hydrogens is 287 g/mol. The van der Waals surface area contributed by atoms with Gasteiger partial charge in [0.1, 0.15) is 5.82 Å². The largest absolute Gasteiger partial charge is 0.370 e. The number of hydrogen-bond acceptors (Lipinski definition) is 2. The number of benzene rings is 2. The third kappa shape index (κ3) is 3.93. The maximum atomic E-state index is 4.32. The van der Waals surface area contributed by atoms with Gasteiger partial charge in [0.25, 0.3) is 0 Å². The van der Waals surface area contributed by atoms with Crippen molar-refractivity contribution in [3.05, 3.63) is 85.1 Å². The lowest BCUT2D eigenvalue weighted by molar-refractivity contribution is 1.17. The van der Waals surface area contributed by atoms with Gasteiger partial charge in [-0.05, 0) is 36.8 Å². The zero-order valence-corrected chi connectivity index (χ0v) is 13.3. The van der Waals surface area contributed by atoms with Gasteiger partial charge in [0.2, 0.25) is 0 Å². The Morgan fingerprint density at radius 2 is 1.32 bits per heavy atom. The van der Waals surface area contributed by atoms with E-state index in [-0.39, 0.29) is 7.92 Å². The molecule has 0 spiro atoms. The number of rotatable bonds is 6. The van der Waals surface area contributed by atoms with Crippen molar-refractivity contribution in [3.8, 4) is 0 Å². The Bertz CT molecular complexity index is 632. The van der Waals surface area contributed by atoms with Crippen molar-refractivity contribution in [2.75, 3.05) is 18.0 Å². The predicted octanol–water partition coefficient (Wildman–Crippen LogP) is 3.63. The van der Waals surface area contributed by atoms with Gasteiger partial charge in [-0.1, -0.05) is 66.7 Å². The Morgan fingerprint density at radius 3 is 1.86 bits per heavy atom. The molecule has 0 fully saturated rings. The minimum Gasteiger partial charge on any atom is -0.370 e. The summed E-state index contributed by atoms with van der Waals surface area (Å²) in [5, 5.41) is 6.27. The second-order valence-corrected chi connectivity index (χ2v) is 7.30. The molecule has 0 saturated carbocycles. The molecule has 0 aliphatic heterocycles. The van der Waals surface area contributed by atoms with Crippen LogP contribution in [0.3, 0.4) is 0 Å². The minimum atomic E-state index is -0.337. The van der Waals surface area contributed by atoms with Crippen LogP contribution in [-0.2, 0) is 0 Å². The van der Waals surface area contributed by atoms with Gasteiger partial charge >= 0.3 is 0 Å². The highest BCUT2D eigenvalue weighted by atomic mass is 31.1. The molecule has 3 aromatic rings. The van der Waals surface area contributed by atoms with E-state index in [1.54, 1.807) is 0 Å². The van der Waals surface area contributed by atoms with Crippen molar-refractivity contribution in [3.63, 3.8) is 0 Å². The molecule has 0 aliphatic carbocycles. The van der Waals surface area contributed by atoms with Gasteiger partial charge in [-0.25, -0.2) is 4.98 Å². The van der Waals surface area contributed by atoms with Gasteiger partial charge in [0, 0.05) is 12.7 Å². The summed E-state index contributed by atoms with van der Waals surface area (Å²) in [6.07, 6.45) is 2.92. The standard InChI is InChI=1S/C19H19N2P/c1-3-9-17(10-4-1)22(18-11-5-2-6-12-18)16-15-21-19-13-7-8-14-20-19/h1-14H,15-16H2,(H,20,21). The summed E-state index contributed by atoms with van der Waals surface area (Å²) in [7, 11) is -0.337. The summed E-state index contributed by atoms with van der Waals surface area (Å²) in [4.78, 5) is 4.32. The number of nitrogens with zero attached hydrogens (tertiary/aromatic N) is 1. The Hall–Kier alpha value is -2.18. The van der Waals surface area contributed by atoms with Crippen LogP contribution in [0.5, 0.6) is 0 Å². The lowest BCUT2D eigenvalue weighted by Crippen LogP contribution is -2.18. The molecule has 1 heterocycles. The molecule has 0 bridgehead atoms. The molecule has 0 saturated heterocycles. The van der Waals surface area contributed by atoms with E-state index in [0.29, 0.717) is 0 Å². The second-order valence-electron chi connectivity index (χ2n) is 4.96. The molecular formula is C19H19N2P. The first-order chi connectivity index (χ1) is 10.9. The first-order valence-electron chi connectivity index (χ1n) is 7.46. The lowest BCUT2D eigenvalue weighted by atomic mass is 10.4. The fourth-order valence-electron chi connectivity index (χ4n) is 2.39.